The predicted molar refractivity (Wildman–Crippen MR) is 134 cm³/mol. The lowest BCUT2D eigenvalue weighted by atomic mass is 10.2. The first kappa shape index (κ1) is 24.1. The Morgan fingerprint density at radius 3 is 2.72 bits per heavy atom. The summed E-state index contributed by atoms with van der Waals surface area (Å²) in [6.07, 6.45) is 1.11. The number of thiazole rings is 1. The molecule has 0 N–H and O–H groups in total. The molecule has 7 nitrogen and oxygen atoms in total. The number of hydrogen-bond donors (Lipinski definition) is 0. The van der Waals surface area contributed by atoms with E-state index >= 15 is 0 Å². The molecule has 0 bridgehead atoms. The van der Waals surface area contributed by atoms with Crippen LogP contribution in [0.1, 0.15) is 12.8 Å². The van der Waals surface area contributed by atoms with Gasteiger partial charge in [-0.3, -0.25) is 9.69 Å². The molecule has 1 atom stereocenters. The number of sulfonamides is 1. The van der Waals surface area contributed by atoms with Crippen LogP contribution in [0.2, 0.25) is 4.34 Å². The van der Waals surface area contributed by atoms with Crippen LogP contribution in [0.3, 0.4) is 0 Å². The number of aromatic nitrogens is 1. The molecule has 0 saturated carbocycles. The fourth-order valence-corrected chi connectivity index (χ4v) is 8.42. The molecule has 3 heterocycles. The number of benzene rings is 1. The smallest absolute Gasteiger partial charge is 0.253 e. The van der Waals surface area contributed by atoms with E-state index in [9.17, 15) is 13.2 Å². The summed E-state index contributed by atoms with van der Waals surface area (Å²) in [7, 11) is 0.0680. The van der Waals surface area contributed by atoms with Gasteiger partial charge >= 0.3 is 0 Å². The summed E-state index contributed by atoms with van der Waals surface area (Å²) < 4.78 is 30.3. The van der Waals surface area contributed by atoms with Gasteiger partial charge in [-0.05, 0) is 57.3 Å². The van der Waals surface area contributed by atoms with Crippen LogP contribution in [0.25, 0.3) is 10.2 Å². The molecule has 0 spiro atoms. The number of carbonyl (C=O) groups is 1. The van der Waals surface area contributed by atoms with E-state index < -0.39 is 16.1 Å². The Morgan fingerprint density at radius 1 is 1.25 bits per heavy atom. The lowest BCUT2D eigenvalue weighted by Gasteiger charge is -2.29. The van der Waals surface area contributed by atoms with Crippen molar-refractivity contribution in [3.63, 3.8) is 0 Å². The monoisotopic (exact) mass is 576 g/mol. The number of rotatable bonds is 7. The molecule has 1 fully saturated rings. The minimum absolute atomic E-state index is 0.159. The van der Waals surface area contributed by atoms with Crippen molar-refractivity contribution in [2.24, 2.45) is 0 Å². The quantitative estimate of drug-likeness (QED) is 0.413. The predicted octanol–water partition coefficient (Wildman–Crippen LogP) is 4.52. The Morgan fingerprint density at radius 2 is 2.03 bits per heavy atom. The SMILES string of the molecule is CN(C)CCN(C(=O)C1CCCN1S(=O)(=O)c1ccc(Cl)s1)c1nc2ccc(Br)cc2s1. The van der Waals surface area contributed by atoms with Crippen molar-refractivity contribution in [2.75, 3.05) is 38.6 Å². The van der Waals surface area contributed by atoms with Crippen molar-refractivity contribution < 1.29 is 13.2 Å². The summed E-state index contributed by atoms with van der Waals surface area (Å²) in [6, 6.07) is 8.09. The Hall–Kier alpha value is -1.08. The summed E-state index contributed by atoms with van der Waals surface area (Å²) in [5.74, 6) is -0.242. The number of fused-ring (bicyclic) bond motifs is 1. The van der Waals surface area contributed by atoms with Gasteiger partial charge in [-0.25, -0.2) is 13.4 Å². The molecule has 12 heteroatoms. The van der Waals surface area contributed by atoms with Crippen LogP contribution in [-0.4, -0.2) is 68.3 Å². The van der Waals surface area contributed by atoms with Gasteiger partial charge in [-0.1, -0.05) is 38.9 Å². The molecule has 1 aliphatic heterocycles. The summed E-state index contributed by atoms with van der Waals surface area (Å²) in [4.78, 5) is 22.0. The standard InChI is InChI=1S/C20H22BrClN4O3S3/c1-24(2)10-11-25(20-23-14-6-5-13(21)12-16(14)30-20)19(27)15-4-3-9-26(15)32(28,29)18-8-7-17(22)31-18/h5-8,12,15H,3-4,9-11H2,1-2H3. The van der Waals surface area contributed by atoms with E-state index in [4.69, 9.17) is 11.6 Å². The van der Waals surface area contributed by atoms with Crippen LogP contribution in [0.5, 0.6) is 0 Å². The van der Waals surface area contributed by atoms with Crippen molar-refractivity contribution in [3.8, 4) is 0 Å². The fourth-order valence-electron chi connectivity index (χ4n) is 3.61. The van der Waals surface area contributed by atoms with Gasteiger partial charge in [0, 0.05) is 24.1 Å². The summed E-state index contributed by atoms with van der Waals surface area (Å²) in [5.41, 5.74) is 0.806. The van der Waals surface area contributed by atoms with Crippen LogP contribution in [0, 0.1) is 0 Å². The van der Waals surface area contributed by atoms with Gasteiger partial charge < -0.3 is 4.90 Å². The largest absolute Gasteiger partial charge is 0.308 e. The average Bonchev–Trinajstić information content (AvgIpc) is 3.46. The molecule has 1 aliphatic rings. The second-order valence-electron chi connectivity index (χ2n) is 7.73. The van der Waals surface area contributed by atoms with Gasteiger partial charge in [-0.2, -0.15) is 4.31 Å². The van der Waals surface area contributed by atoms with Gasteiger partial charge in [-0.15, -0.1) is 11.3 Å². The molecule has 1 saturated heterocycles. The van der Waals surface area contributed by atoms with E-state index in [1.807, 2.05) is 37.2 Å². The van der Waals surface area contributed by atoms with Gasteiger partial charge in [0.15, 0.2) is 5.13 Å². The highest BCUT2D eigenvalue weighted by atomic mass is 79.9. The van der Waals surface area contributed by atoms with Crippen LogP contribution in [-0.2, 0) is 14.8 Å². The molecule has 1 unspecified atom stereocenters. The van der Waals surface area contributed by atoms with Crippen molar-refractivity contribution in [3.05, 3.63) is 39.1 Å². The second kappa shape index (κ2) is 9.65. The molecule has 2 aromatic heterocycles. The van der Waals surface area contributed by atoms with Crippen LogP contribution in [0.4, 0.5) is 5.13 Å². The molecule has 1 aromatic carbocycles. The maximum atomic E-state index is 13.7. The molecule has 0 radical (unpaired) electrons. The molecular formula is C20H22BrClN4O3S3. The summed E-state index contributed by atoms with van der Waals surface area (Å²) in [6.45, 7) is 1.36. The van der Waals surface area contributed by atoms with E-state index in [1.54, 1.807) is 11.0 Å². The minimum Gasteiger partial charge on any atom is -0.308 e. The summed E-state index contributed by atoms with van der Waals surface area (Å²) >= 11 is 11.9. The molecule has 4 rings (SSSR count). The third kappa shape index (κ3) is 4.89. The van der Waals surface area contributed by atoms with Crippen molar-refractivity contribution >= 4 is 81.5 Å². The van der Waals surface area contributed by atoms with Gasteiger partial charge in [0.05, 0.1) is 14.6 Å². The van der Waals surface area contributed by atoms with Crippen LogP contribution >= 0.6 is 50.2 Å². The molecule has 172 valence electrons. The van der Waals surface area contributed by atoms with Crippen LogP contribution < -0.4 is 4.90 Å². The zero-order valence-corrected chi connectivity index (χ0v) is 22.3. The Labute approximate surface area is 208 Å². The van der Waals surface area contributed by atoms with Crippen molar-refractivity contribution in [1.29, 1.82) is 0 Å². The Kier molecular flexibility index (Phi) is 7.26. The number of thiophene rings is 1. The number of nitrogens with zero attached hydrogens (tertiary/aromatic N) is 4. The minimum atomic E-state index is -3.80. The first-order valence-corrected chi connectivity index (χ1v) is 14.2. The maximum absolute atomic E-state index is 13.7. The van der Waals surface area contributed by atoms with Gasteiger partial charge in [0.25, 0.3) is 10.0 Å². The number of anilines is 1. The first-order valence-electron chi connectivity index (χ1n) is 9.96. The van der Waals surface area contributed by atoms with Gasteiger partial charge in [0.1, 0.15) is 10.3 Å². The average molecular weight is 578 g/mol. The molecule has 32 heavy (non-hydrogen) atoms. The van der Waals surface area contributed by atoms with Crippen molar-refractivity contribution in [2.45, 2.75) is 23.1 Å². The molecular weight excluding hydrogens is 556 g/mol. The number of halogens is 2. The third-order valence-electron chi connectivity index (χ3n) is 5.21. The number of likely N-dealkylation sites (N-methyl/N-ethyl adjacent to an activating group) is 1. The third-order valence-corrected chi connectivity index (χ3v) is 10.3. The summed E-state index contributed by atoms with van der Waals surface area (Å²) in [5, 5.41) is 0.577. The lowest BCUT2D eigenvalue weighted by molar-refractivity contribution is -0.121. The first-order chi connectivity index (χ1) is 15.2. The Bertz CT molecular complexity index is 1240. The fraction of sp³-hybridized carbons (Fsp3) is 0.400. The molecule has 0 aliphatic carbocycles. The van der Waals surface area contributed by atoms with Crippen LogP contribution in [0.15, 0.2) is 39.0 Å². The highest BCUT2D eigenvalue weighted by Crippen LogP contribution is 2.35. The second-order valence-corrected chi connectivity index (χ2v) is 13.5. The van der Waals surface area contributed by atoms with E-state index in [0.717, 1.165) is 26.0 Å². The van der Waals surface area contributed by atoms with Gasteiger partial charge in [0.2, 0.25) is 5.91 Å². The highest BCUT2D eigenvalue weighted by molar-refractivity contribution is 9.10. The normalized spacial score (nSPS) is 17.5. The zero-order chi connectivity index (χ0) is 23.0. The topological polar surface area (TPSA) is 73.8 Å². The molecule has 3 aromatic rings. The van der Waals surface area contributed by atoms with E-state index in [2.05, 4.69) is 20.9 Å². The van der Waals surface area contributed by atoms with E-state index in [0.29, 0.717) is 41.9 Å². The van der Waals surface area contributed by atoms with Crippen molar-refractivity contribution in [1.82, 2.24) is 14.2 Å². The van der Waals surface area contributed by atoms with E-state index in [-0.39, 0.29) is 10.1 Å². The maximum Gasteiger partial charge on any atom is 0.253 e. The highest BCUT2D eigenvalue weighted by Gasteiger charge is 2.42. The number of hydrogen-bond acceptors (Lipinski definition) is 7. The Balaban J connectivity index is 1.67. The molecule has 1 amide bonds. The van der Waals surface area contributed by atoms with E-state index in [1.165, 1.54) is 21.7 Å². The number of carbonyl (C=O) groups excluding carboxylic acids is 1. The lowest BCUT2D eigenvalue weighted by Crippen LogP contribution is -2.49. The number of amides is 1. The zero-order valence-electron chi connectivity index (χ0n) is 17.5.